The van der Waals surface area contributed by atoms with Crippen molar-refractivity contribution in [2.75, 3.05) is 23.5 Å². The molecule has 3 atom stereocenters. The maximum absolute atomic E-state index is 12.9. The van der Waals surface area contributed by atoms with Crippen LogP contribution < -0.4 is 24.6 Å². The molecule has 2 aromatic rings. The number of benzene rings is 1. The predicted molar refractivity (Wildman–Crippen MR) is 135 cm³/mol. The summed E-state index contributed by atoms with van der Waals surface area (Å²) >= 11 is 0. The van der Waals surface area contributed by atoms with Gasteiger partial charge in [-0.05, 0) is 51.3 Å². The summed E-state index contributed by atoms with van der Waals surface area (Å²) in [5, 5.41) is 2.87. The molecule has 12 nitrogen and oxygen atoms in total. The molecule has 1 saturated heterocycles. The zero-order chi connectivity index (χ0) is 27.0. The average molecular weight is 526 g/mol. The van der Waals surface area contributed by atoms with E-state index in [0.29, 0.717) is 36.6 Å². The highest BCUT2D eigenvalue weighted by atomic mass is 16.6. The lowest BCUT2D eigenvalue weighted by Gasteiger charge is -2.33. The summed E-state index contributed by atoms with van der Waals surface area (Å²) in [6.45, 7) is 5.54. The van der Waals surface area contributed by atoms with Crippen molar-refractivity contribution in [1.82, 2.24) is 15.3 Å². The lowest BCUT2D eigenvalue weighted by molar-refractivity contribution is -0.121. The second-order valence-corrected chi connectivity index (χ2v) is 10.5. The number of carbonyl (C=O) groups is 3. The Hall–Kier alpha value is -4.09. The minimum absolute atomic E-state index is 0.131. The highest BCUT2D eigenvalue weighted by molar-refractivity contribution is 5.97. The van der Waals surface area contributed by atoms with Crippen LogP contribution in [0.5, 0.6) is 11.5 Å². The van der Waals surface area contributed by atoms with Gasteiger partial charge in [0, 0.05) is 12.5 Å². The Morgan fingerprint density at radius 1 is 1.18 bits per heavy atom. The summed E-state index contributed by atoms with van der Waals surface area (Å²) in [4.78, 5) is 49.8. The van der Waals surface area contributed by atoms with Crippen LogP contribution in [0.25, 0.3) is 0 Å². The molecule has 0 radical (unpaired) electrons. The number of hydrogen-bond donors (Lipinski definition) is 1. The monoisotopic (exact) mass is 525 g/mol. The first kappa shape index (κ1) is 25.6. The molecule has 0 unspecified atom stereocenters. The third-order valence-corrected chi connectivity index (χ3v) is 6.60. The van der Waals surface area contributed by atoms with E-state index >= 15 is 0 Å². The van der Waals surface area contributed by atoms with Gasteiger partial charge in [-0.2, -0.15) is 4.98 Å². The van der Waals surface area contributed by atoms with E-state index in [1.165, 1.54) is 16.0 Å². The molecule has 5 rings (SSSR count). The first-order chi connectivity index (χ1) is 18.1. The maximum Gasteiger partial charge on any atom is 0.417 e. The predicted octanol–water partition coefficient (Wildman–Crippen LogP) is 3.18. The van der Waals surface area contributed by atoms with Crippen molar-refractivity contribution in [3.8, 4) is 11.5 Å². The first-order valence-corrected chi connectivity index (χ1v) is 12.5. The topological polar surface area (TPSA) is 132 Å². The molecule has 202 valence electrons. The number of carbonyl (C=O) groups excluding carboxylic acids is 3. The Bertz CT molecular complexity index is 1230. The van der Waals surface area contributed by atoms with Gasteiger partial charge in [0.15, 0.2) is 18.2 Å². The number of rotatable bonds is 5. The Kier molecular flexibility index (Phi) is 6.72. The molecule has 3 amide bonds. The molecule has 1 saturated carbocycles. The molecule has 2 aliphatic heterocycles. The number of anilines is 2. The fraction of sp³-hybridized carbons (Fsp3) is 0.500. The number of aromatic nitrogens is 2. The normalized spacial score (nSPS) is 22.7. The van der Waals surface area contributed by atoms with E-state index in [4.69, 9.17) is 18.9 Å². The summed E-state index contributed by atoms with van der Waals surface area (Å²) in [7, 11) is 1.59. The number of ether oxygens (including phenoxy) is 4. The van der Waals surface area contributed by atoms with E-state index < -0.39 is 23.9 Å². The van der Waals surface area contributed by atoms with E-state index in [9.17, 15) is 14.4 Å². The summed E-state index contributed by atoms with van der Waals surface area (Å²) < 4.78 is 21.8. The van der Waals surface area contributed by atoms with Crippen molar-refractivity contribution in [2.45, 2.75) is 70.4 Å². The van der Waals surface area contributed by atoms with Gasteiger partial charge in [0.2, 0.25) is 5.95 Å². The molecule has 1 aromatic heterocycles. The number of nitrogens with zero attached hydrogens (tertiary/aromatic N) is 4. The van der Waals surface area contributed by atoms with Gasteiger partial charge in [-0.15, -0.1) is 0 Å². The van der Waals surface area contributed by atoms with Crippen LogP contribution in [0.3, 0.4) is 0 Å². The lowest BCUT2D eigenvalue weighted by atomic mass is 9.88. The van der Waals surface area contributed by atoms with Crippen LogP contribution >= 0.6 is 0 Å². The first-order valence-electron chi connectivity index (χ1n) is 12.5. The molecular formula is C26H31N5O7. The quantitative estimate of drug-likeness (QED) is 0.625. The number of methoxy groups -OCH3 is 1. The average Bonchev–Trinajstić information content (AvgIpc) is 3.19. The molecule has 0 spiro atoms. The van der Waals surface area contributed by atoms with Crippen molar-refractivity contribution >= 4 is 29.9 Å². The second kappa shape index (κ2) is 9.99. The van der Waals surface area contributed by atoms with Gasteiger partial charge in [0.05, 0.1) is 25.9 Å². The van der Waals surface area contributed by atoms with E-state index in [1.54, 1.807) is 27.9 Å². The largest absolute Gasteiger partial charge is 0.497 e. The highest BCUT2D eigenvalue weighted by Crippen LogP contribution is 2.37. The third kappa shape index (κ3) is 5.29. The SMILES string of the molecule is COc1ccc(CN2C(=O)COc3cnc(N4C(=O)O[C@@H]5C[C@H](NC(=O)OC(C)(C)C)CC[C@H]54)nc32)cc1. The molecule has 1 N–H and O–H groups in total. The third-order valence-electron chi connectivity index (χ3n) is 6.60. The van der Waals surface area contributed by atoms with Crippen LogP contribution in [0.2, 0.25) is 0 Å². The Morgan fingerprint density at radius 3 is 2.66 bits per heavy atom. The zero-order valence-corrected chi connectivity index (χ0v) is 21.8. The smallest absolute Gasteiger partial charge is 0.417 e. The van der Waals surface area contributed by atoms with Gasteiger partial charge in [0.1, 0.15) is 17.5 Å². The van der Waals surface area contributed by atoms with Crippen molar-refractivity contribution < 1.29 is 33.3 Å². The highest BCUT2D eigenvalue weighted by Gasteiger charge is 2.48. The van der Waals surface area contributed by atoms with Crippen LogP contribution in [0.4, 0.5) is 21.4 Å². The molecule has 1 aromatic carbocycles. The Morgan fingerprint density at radius 2 is 1.95 bits per heavy atom. The van der Waals surface area contributed by atoms with Crippen LogP contribution in [0.15, 0.2) is 30.5 Å². The Balaban J connectivity index is 1.32. The van der Waals surface area contributed by atoms with Crippen molar-refractivity contribution in [2.24, 2.45) is 0 Å². The molecule has 2 fully saturated rings. The van der Waals surface area contributed by atoms with Crippen molar-refractivity contribution in [1.29, 1.82) is 0 Å². The number of fused-ring (bicyclic) bond motifs is 2. The fourth-order valence-electron chi connectivity index (χ4n) is 4.87. The molecule has 38 heavy (non-hydrogen) atoms. The molecule has 3 heterocycles. The van der Waals surface area contributed by atoms with Gasteiger partial charge in [-0.1, -0.05) is 12.1 Å². The standard InChI is InChI=1S/C26H31N5O7/c1-26(2,3)38-24(33)28-16-7-10-18-19(11-16)37-25(34)31(18)23-27-12-20-22(29-23)30(21(32)14-36-20)13-15-5-8-17(35-4)9-6-15/h5-6,8-9,12,16,18-19H,7,10-11,13-14H2,1-4H3,(H,28,33)/t16-,18-,19-/m1/s1. The van der Waals surface area contributed by atoms with Gasteiger partial charge < -0.3 is 24.3 Å². The number of hydrogen-bond acceptors (Lipinski definition) is 9. The molecule has 12 heteroatoms. The summed E-state index contributed by atoms with van der Waals surface area (Å²) in [5.41, 5.74) is 0.275. The summed E-state index contributed by atoms with van der Waals surface area (Å²) in [6, 6.07) is 6.90. The van der Waals surface area contributed by atoms with Crippen LogP contribution in [0, 0.1) is 0 Å². The van der Waals surface area contributed by atoms with E-state index in [2.05, 4.69) is 15.3 Å². The van der Waals surface area contributed by atoms with Crippen LogP contribution in [0.1, 0.15) is 45.6 Å². The van der Waals surface area contributed by atoms with Gasteiger partial charge in [-0.25, -0.2) is 19.5 Å². The maximum atomic E-state index is 12.9. The lowest BCUT2D eigenvalue weighted by Crippen LogP contribution is -2.48. The number of alkyl carbamates (subject to hydrolysis) is 1. The zero-order valence-electron chi connectivity index (χ0n) is 21.8. The minimum atomic E-state index is -0.603. The van der Waals surface area contributed by atoms with Crippen LogP contribution in [-0.4, -0.2) is 65.6 Å². The van der Waals surface area contributed by atoms with Gasteiger partial charge in [0.25, 0.3) is 5.91 Å². The Labute approximate surface area is 220 Å². The molecule has 3 aliphatic rings. The van der Waals surface area contributed by atoms with Crippen molar-refractivity contribution in [3.63, 3.8) is 0 Å². The second-order valence-electron chi connectivity index (χ2n) is 10.5. The molecule has 0 bridgehead atoms. The molecular weight excluding hydrogens is 494 g/mol. The van der Waals surface area contributed by atoms with Gasteiger partial charge >= 0.3 is 12.2 Å². The summed E-state index contributed by atoms with van der Waals surface area (Å²) in [6.07, 6.45) is 1.61. The van der Waals surface area contributed by atoms with E-state index in [1.807, 2.05) is 24.3 Å². The van der Waals surface area contributed by atoms with E-state index in [-0.39, 0.29) is 37.1 Å². The fourth-order valence-corrected chi connectivity index (χ4v) is 4.87. The minimum Gasteiger partial charge on any atom is -0.497 e. The van der Waals surface area contributed by atoms with E-state index in [0.717, 1.165) is 5.56 Å². The molecule has 1 aliphatic carbocycles. The number of nitrogens with one attached hydrogen (secondary N) is 1. The van der Waals surface area contributed by atoms with Crippen LogP contribution in [-0.2, 0) is 20.8 Å². The van der Waals surface area contributed by atoms with Gasteiger partial charge in [-0.3, -0.25) is 9.69 Å². The number of amides is 3. The van der Waals surface area contributed by atoms with Crippen molar-refractivity contribution in [3.05, 3.63) is 36.0 Å². The summed E-state index contributed by atoms with van der Waals surface area (Å²) in [5.74, 6) is 1.24.